The summed E-state index contributed by atoms with van der Waals surface area (Å²) in [4.78, 5) is 11.9. The minimum Gasteiger partial charge on any atom is -0.458 e. The lowest BCUT2D eigenvalue weighted by Crippen LogP contribution is -2.35. The lowest BCUT2D eigenvalue weighted by Gasteiger charge is -2.22. The first-order chi connectivity index (χ1) is 7.85. The number of carbonyl (C=O) groups excluding carboxylic acids is 1. The summed E-state index contributed by atoms with van der Waals surface area (Å²) in [5.41, 5.74) is 3.03. The molecule has 1 aliphatic rings. The fraction of sp³-hybridized carbons (Fsp3) is 0.500. The molecule has 0 aromatic heterocycles. The SMILES string of the molecule is Cc1ccc2c(c1)CC(C(=O)OC(C)(C)C)N2. The molecule has 0 fully saturated rings. The van der Waals surface area contributed by atoms with E-state index in [-0.39, 0.29) is 12.0 Å². The maximum atomic E-state index is 11.9. The monoisotopic (exact) mass is 233 g/mol. The number of fused-ring (bicyclic) bond motifs is 1. The number of nitrogens with one attached hydrogen (secondary N) is 1. The highest BCUT2D eigenvalue weighted by molar-refractivity contribution is 5.83. The van der Waals surface area contributed by atoms with Gasteiger partial charge < -0.3 is 10.1 Å². The summed E-state index contributed by atoms with van der Waals surface area (Å²) in [7, 11) is 0. The highest BCUT2D eigenvalue weighted by Gasteiger charge is 2.30. The van der Waals surface area contributed by atoms with Crippen LogP contribution in [0, 0.1) is 6.92 Å². The summed E-state index contributed by atoms with van der Waals surface area (Å²) in [5, 5.41) is 3.21. The molecule has 3 nitrogen and oxygen atoms in total. The lowest BCUT2D eigenvalue weighted by molar-refractivity contribution is -0.155. The van der Waals surface area contributed by atoms with Gasteiger partial charge in [0.2, 0.25) is 0 Å². The van der Waals surface area contributed by atoms with Crippen molar-refractivity contribution in [3.05, 3.63) is 29.3 Å². The van der Waals surface area contributed by atoms with Gasteiger partial charge in [-0.1, -0.05) is 17.7 Å². The van der Waals surface area contributed by atoms with Gasteiger partial charge in [-0.05, 0) is 39.3 Å². The predicted molar refractivity (Wildman–Crippen MR) is 68.1 cm³/mol. The highest BCUT2D eigenvalue weighted by atomic mass is 16.6. The summed E-state index contributed by atoms with van der Waals surface area (Å²) in [6.45, 7) is 7.71. The van der Waals surface area contributed by atoms with E-state index in [9.17, 15) is 4.79 Å². The third-order valence-corrected chi connectivity index (χ3v) is 2.71. The molecule has 0 radical (unpaired) electrons. The van der Waals surface area contributed by atoms with Gasteiger partial charge in [-0.25, -0.2) is 4.79 Å². The van der Waals surface area contributed by atoms with Crippen LogP contribution in [0.5, 0.6) is 0 Å². The van der Waals surface area contributed by atoms with Crippen LogP contribution >= 0.6 is 0 Å². The summed E-state index contributed by atoms with van der Waals surface area (Å²) < 4.78 is 5.38. The molecule has 1 aliphatic heterocycles. The molecule has 2 rings (SSSR count). The normalized spacial score (nSPS) is 18.5. The number of hydrogen-bond donors (Lipinski definition) is 1. The van der Waals surface area contributed by atoms with Gasteiger partial charge in [-0.2, -0.15) is 0 Å². The number of anilines is 1. The first kappa shape index (κ1) is 12.0. The average molecular weight is 233 g/mol. The van der Waals surface area contributed by atoms with Gasteiger partial charge in [0, 0.05) is 12.1 Å². The van der Waals surface area contributed by atoms with E-state index < -0.39 is 5.60 Å². The van der Waals surface area contributed by atoms with E-state index in [2.05, 4.69) is 18.3 Å². The summed E-state index contributed by atoms with van der Waals surface area (Å²) in [6, 6.07) is 5.94. The van der Waals surface area contributed by atoms with Crippen LogP contribution in [0.3, 0.4) is 0 Å². The van der Waals surface area contributed by atoms with Crippen LogP contribution < -0.4 is 5.32 Å². The van der Waals surface area contributed by atoms with Crippen molar-refractivity contribution in [2.24, 2.45) is 0 Å². The van der Waals surface area contributed by atoms with Gasteiger partial charge in [0.1, 0.15) is 11.6 Å². The molecule has 92 valence electrons. The van der Waals surface area contributed by atoms with Gasteiger partial charge in [-0.15, -0.1) is 0 Å². The summed E-state index contributed by atoms with van der Waals surface area (Å²) in [5.74, 6) is -0.175. The number of ether oxygens (including phenoxy) is 1. The van der Waals surface area contributed by atoms with Crippen LogP contribution in [0.25, 0.3) is 0 Å². The fourth-order valence-corrected chi connectivity index (χ4v) is 2.01. The average Bonchev–Trinajstić information content (AvgIpc) is 2.57. The number of aryl methyl sites for hydroxylation is 1. The molecule has 1 heterocycles. The van der Waals surface area contributed by atoms with Gasteiger partial charge in [-0.3, -0.25) is 0 Å². The minimum atomic E-state index is -0.427. The topological polar surface area (TPSA) is 38.3 Å². The summed E-state index contributed by atoms with van der Waals surface area (Å²) >= 11 is 0. The van der Waals surface area contributed by atoms with Crippen molar-refractivity contribution in [1.82, 2.24) is 0 Å². The van der Waals surface area contributed by atoms with Crippen molar-refractivity contribution in [2.45, 2.75) is 45.8 Å². The van der Waals surface area contributed by atoms with E-state index in [1.54, 1.807) is 0 Å². The molecule has 0 saturated heterocycles. The molecule has 1 N–H and O–H groups in total. The maximum Gasteiger partial charge on any atom is 0.329 e. The smallest absolute Gasteiger partial charge is 0.329 e. The fourth-order valence-electron chi connectivity index (χ4n) is 2.01. The molecule has 0 amide bonds. The molecule has 17 heavy (non-hydrogen) atoms. The largest absolute Gasteiger partial charge is 0.458 e. The van der Waals surface area contributed by atoms with Crippen LogP contribution in [0.1, 0.15) is 31.9 Å². The highest BCUT2D eigenvalue weighted by Crippen LogP contribution is 2.27. The van der Waals surface area contributed by atoms with E-state index in [0.717, 1.165) is 5.69 Å². The molecule has 1 unspecified atom stereocenters. The first-order valence-electron chi connectivity index (χ1n) is 5.94. The molecule has 3 heteroatoms. The third-order valence-electron chi connectivity index (χ3n) is 2.71. The third kappa shape index (κ3) is 2.78. The van der Waals surface area contributed by atoms with Crippen LogP contribution in [-0.2, 0) is 16.0 Å². The van der Waals surface area contributed by atoms with Crippen molar-refractivity contribution in [3.63, 3.8) is 0 Å². The zero-order valence-electron chi connectivity index (χ0n) is 10.8. The molecule has 1 aromatic carbocycles. The number of esters is 1. The molecular weight excluding hydrogens is 214 g/mol. The molecule has 1 atom stereocenters. The van der Waals surface area contributed by atoms with Crippen molar-refractivity contribution >= 4 is 11.7 Å². The Labute approximate surface area is 102 Å². The van der Waals surface area contributed by atoms with Crippen LogP contribution in [-0.4, -0.2) is 17.6 Å². The van der Waals surface area contributed by atoms with Gasteiger partial charge in [0.25, 0.3) is 0 Å². The first-order valence-corrected chi connectivity index (χ1v) is 5.94. The minimum absolute atomic E-state index is 0.175. The second-order valence-corrected chi connectivity index (χ2v) is 5.60. The Bertz CT molecular complexity index is 446. The van der Waals surface area contributed by atoms with Crippen molar-refractivity contribution in [2.75, 3.05) is 5.32 Å². The number of rotatable bonds is 1. The Morgan fingerprint density at radius 2 is 2.12 bits per heavy atom. The molecule has 1 aromatic rings. The van der Waals surface area contributed by atoms with Gasteiger partial charge in [0.05, 0.1) is 0 Å². The Hall–Kier alpha value is -1.51. The van der Waals surface area contributed by atoms with E-state index >= 15 is 0 Å². The maximum absolute atomic E-state index is 11.9. The Kier molecular flexibility index (Phi) is 2.86. The second kappa shape index (κ2) is 4.06. The van der Waals surface area contributed by atoms with E-state index in [1.807, 2.05) is 32.9 Å². The quantitative estimate of drug-likeness (QED) is 0.758. The molecule has 0 spiro atoms. The zero-order valence-corrected chi connectivity index (χ0v) is 10.8. The predicted octanol–water partition coefficient (Wildman–Crippen LogP) is 2.67. The number of carbonyl (C=O) groups is 1. The van der Waals surface area contributed by atoms with Crippen LogP contribution in [0.15, 0.2) is 18.2 Å². The van der Waals surface area contributed by atoms with Crippen LogP contribution in [0.2, 0.25) is 0 Å². The van der Waals surface area contributed by atoms with Crippen LogP contribution in [0.4, 0.5) is 5.69 Å². The second-order valence-electron chi connectivity index (χ2n) is 5.60. The van der Waals surface area contributed by atoms with Crippen molar-refractivity contribution in [1.29, 1.82) is 0 Å². The Morgan fingerprint density at radius 3 is 2.76 bits per heavy atom. The number of benzene rings is 1. The van der Waals surface area contributed by atoms with Gasteiger partial charge >= 0.3 is 5.97 Å². The molecule has 0 saturated carbocycles. The van der Waals surface area contributed by atoms with Crippen molar-refractivity contribution in [3.8, 4) is 0 Å². The molecular formula is C14H19NO2. The van der Waals surface area contributed by atoms with E-state index in [0.29, 0.717) is 6.42 Å². The lowest BCUT2D eigenvalue weighted by atomic mass is 10.1. The standard InChI is InChI=1S/C14H19NO2/c1-9-5-6-11-10(7-9)8-12(15-11)13(16)17-14(2,3)4/h5-7,12,15H,8H2,1-4H3. The van der Waals surface area contributed by atoms with E-state index in [4.69, 9.17) is 4.74 Å². The molecule has 0 aliphatic carbocycles. The Balaban J connectivity index is 2.07. The van der Waals surface area contributed by atoms with Gasteiger partial charge in [0.15, 0.2) is 0 Å². The summed E-state index contributed by atoms with van der Waals surface area (Å²) in [6.07, 6.45) is 0.714. The molecule has 0 bridgehead atoms. The van der Waals surface area contributed by atoms with E-state index in [1.165, 1.54) is 11.1 Å². The Morgan fingerprint density at radius 1 is 1.41 bits per heavy atom. The zero-order chi connectivity index (χ0) is 12.6. The number of hydrogen-bond acceptors (Lipinski definition) is 3. The van der Waals surface area contributed by atoms with Crippen molar-refractivity contribution < 1.29 is 9.53 Å².